The van der Waals surface area contributed by atoms with Crippen LogP contribution >= 0.6 is 0 Å². The van der Waals surface area contributed by atoms with Crippen molar-refractivity contribution in [2.45, 2.75) is 45.8 Å². The molecule has 1 aromatic rings. The molecule has 92 valence electrons. The zero-order valence-electron chi connectivity index (χ0n) is 10.9. The fourth-order valence-electron chi connectivity index (χ4n) is 1.70. The topological polar surface area (TPSA) is 47.1 Å². The Bertz CT molecular complexity index is 315. The van der Waals surface area contributed by atoms with Crippen LogP contribution in [0.15, 0.2) is 12.4 Å². The van der Waals surface area contributed by atoms with E-state index in [9.17, 15) is 0 Å². The van der Waals surface area contributed by atoms with E-state index in [1.54, 1.807) is 0 Å². The molecule has 0 aromatic carbocycles. The van der Waals surface area contributed by atoms with Gasteiger partial charge in [-0.3, -0.25) is 9.58 Å². The number of hydrogen-bond acceptors (Lipinski definition) is 3. The van der Waals surface area contributed by atoms with Crippen molar-refractivity contribution >= 4 is 0 Å². The summed E-state index contributed by atoms with van der Waals surface area (Å²) in [4.78, 5) is 2.31. The van der Waals surface area contributed by atoms with E-state index in [0.29, 0.717) is 6.54 Å². The summed E-state index contributed by atoms with van der Waals surface area (Å²) in [6.45, 7) is 8.99. The highest BCUT2D eigenvalue weighted by Crippen LogP contribution is 2.18. The number of rotatable bonds is 6. The number of aromatic nitrogens is 2. The monoisotopic (exact) mass is 224 g/mol. The maximum Gasteiger partial charge on any atom is 0.0534 e. The minimum atomic E-state index is 0.0777. The van der Waals surface area contributed by atoms with Crippen molar-refractivity contribution in [1.29, 1.82) is 0 Å². The van der Waals surface area contributed by atoms with Crippen molar-refractivity contribution in [2.24, 2.45) is 5.73 Å². The van der Waals surface area contributed by atoms with Crippen molar-refractivity contribution < 1.29 is 0 Å². The molecule has 0 fully saturated rings. The summed E-state index contributed by atoms with van der Waals surface area (Å²) in [5.74, 6) is 0. The molecule has 0 aliphatic rings. The third-order valence-corrected chi connectivity index (χ3v) is 3.55. The molecule has 4 heteroatoms. The van der Waals surface area contributed by atoms with Gasteiger partial charge in [-0.15, -0.1) is 0 Å². The maximum absolute atomic E-state index is 5.84. The molecule has 0 radical (unpaired) electrons. The third kappa shape index (κ3) is 2.83. The molecule has 2 N–H and O–H groups in total. The summed E-state index contributed by atoms with van der Waals surface area (Å²) in [5, 5.41) is 4.28. The summed E-state index contributed by atoms with van der Waals surface area (Å²) in [5.41, 5.74) is 7.17. The molecule has 16 heavy (non-hydrogen) atoms. The first-order valence-electron chi connectivity index (χ1n) is 5.98. The minimum Gasteiger partial charge on any atom is -0.329 e. The van der Waals surface area contributed by atoms with E-state index < -0.39 is 0 Å². The van der Waals surface area contributed by atoms with Crippen molar-refractivity contribution in [3.8, 4) is 0 Å². The van der Waals surface area contributed by atoms with Gasteiger partial charge in [0.1, 0.15) is 0 Å². The Morgan fingerprint density at radius 3 is 2.62 bits per heavy atom. The number of nitrogens with two attached hydrogens (primary N) is 1. The number of hydrogen-bond donors (Lipinski definition) is 1. The molecule has 4 nitrogen and oxygen atoms in total. The van der Waals surface area contributed by atoms with Gasteiger partial charge in [-0.25, -0.2) is 0 Å². The van der Waals surface area contributed by atoms with Gasteiger partial charge >= 0.3 is 0 Å². The van der Waals surface area contributed by atoms with Gasteiger partial charge in [-0.05, 0) is 27.3 Å². The van der Waals surface area contributed by atoms with E-state index in [1.807, 2.05) is 10.9 Å². The van der Waals surface area contributed by atoms with Crippen LogP contribution in [0.2, 0.25) is 0 Å². The lowest BCUT2D eigenvalue weighted by Gasteiger charge is -2.37. The lowest BCUT2D eigenvalue weighted by molar-refractivity contribution is 0.131. The predicted molar refractivity (Wildman–Crippen MR) is 67.1 cm³/mol. The molecular formula is C12H24N4. The van der Waals surface area contributed by atoms with Gasteiger partial charge in [-0.2, -0.15) is 5.10 Å². The molecule has 0 spiro atoms. The van der Waals surface area contributed by atoms with E-state index in [4.69, 9.17) is 5.73 Å². The molecule has 0 aliphatic carbocycles. The first-order valence-corrected chi connectivity index (χ1v) is 5.98. The second-order valence-corrected chi connectivity index (χ2v) is 4.61. The molecule has 1 aromatic heterocycles. The Balaban J connectivity index is 2.66. The van der Waals surface area contributed by atoms with Crippen LogP contribution in [-0.4, -0.2) is 33.8 Å². The van der Waals surface area contributed by atoms with Gasteiger partial charge in [0, 0.05) is 36.9 Å². The number of likely N-dealkylation sites (N-methyl/N-ethyl adjacent to an activating group) is 1. The van der Waals surface area contributed by atoms with E-state index >= 15 is 0 Å². The summed E-state index contributed by atoms with van der Waals surface area (Å²) >= 11 is 0. The summed E-state index contributed by atoms with van der Waals surface area (Å²) in [6.07, 6.45) is 5.09. The Morgan fingerprint density at radius 1 is 1.50 bits per heavy atom. The van der Waals surface area contributed by atoms with E-state index in [-0.39, 0.29) is 5.54 Å². The zero-order valence-corrected chi connectivity index (χ0v) is 10.9. The Kier molecular flexibility index (Phi) is 4.50. The Hall–Kier alpha value is -0.870. The molecule has 0 saturated carbocycles. The van der Waals surface area contributed by atoms with Gasteiger partial charge in [-0.1, -0.05) is 6.92 Å². The maximum atomic E-state index is 5.84. The van der Waals surface area contributed by atoms with Crippen molar-refractivity contribution in [3.05, 3.63) is 18.0 Å². The van der Waals surface area contributed by atoms with Crippen molar-refractivity contribution in [3.63, 3.8) is 0 Å². The molecule has 0 amide bonds. The van der Waals surface area contributed by atoms with Gasteiger partial charge in [0.15, 0.2) is 0 Å². The van der Waals surface area contributed by atoms with Crippen LogP contribution in [0.4, 0.5) is 0 Å². The van der Waals surface area contributed by atoms with Gasteiger partial charge < -0.3 is 5.73 Å². The fraction of sp³-hybridized carbons (Fsp3) is 0.750. The molecular weight excluding hydrogens is 200 g/mol. The zero-order chi connectivity index (χ0) is 12.2. The standard InChI is InChI=1S/C12H24N4/c1-5-12(3,10-13)15(4)8-11-7-14-16(6-2)9-11/h7,9H,5-6,8,10,13H2,1-4H3. The average Bonchev–Trinajstić information content (AvgIpc) is 2.75. The smallest absolute Gasteiger partial charge is 0.0534 e. The third-order valence-electron chi connectivity index (χ3n) is 3.55. The van der Waals surface area contributed by atoms with Gasteiger partial charge in [0.2, 0.25) is 0 Å². The average molecular weight is 224 g/mol. The SMILES string of the molecule is CCn1cc(CN(C)C(C)(CC)CN)cn1. The Labute approximate surface area is 98.4 Å². The highest BCUT2D eigenvalue weighted by atomic mass is 15.3. The normalized spacial score (nSPS) is 15.4. The highest BCUT2D eigenvalue weighted by Gasteiger charge is 2.25. The van der Waals surface area contributed by atoms with Crippen LogP contribution < -0.4 is 5.73 Å². The number of nitrogens with zero attached hydrogens (tertiary/aromatic N) is 3. The molecule has 1 atom stereocenters. The first-order chi connectivity index (χ1) is 7.55. The molecule has 1 heterocycles. The van der Waals surface area contributed by atoms with Crippen LogP contribution in [0.5, 0.6) is 0 Å². The fourth-order valence-corrected chi connectivity index (χ4v) is 1.70. The summed E-state index contributed by atoms with van der Waals surface area (Å²) in [6, 6.07) is 0. The number of aryl methyl sites for hydroxylation is 1. The summed E-state index contributed by atoms with van der Waals surface area (Å²) in [7, 11) is 2.12. The largest absolute Gasteiger partial charge is 0.329 e. The lowest BCUT2D eigenvalue weighted by Crippen LogP contribution is -2.48. The van der Waals surface area contributed by atoms with Crippen LogP contribution in [0.25, 0.3) is 0 Å². The predicted octanol–water partition coefficient (Wildman–Crippen LogP) is 1.46. The van der Waals surface area contributed by atoms with Crippen LogP contribution in [0.3, 0.4) is 0 Å². The highest BCUT2D eigenvalue weighted by molar-refractivity contribution is 5.04. The first kappa shape index (κ1) is 13.2. The van der Waals surface area contributed by atoms with Crippen LogP contribution in [-0.2, 0) is 13.1 Å². The second-order valence-electron chi connectivity index (χ2n) is 4.61. The molecule has 1 unspecified atom stereocenters. The van der Waals surface area contributed by atoms with E-state index in [0.717, 1.165) is 19.5 Å². The van der Waals surface area contributed by atoms with Crippen LogP contribution in [0, 0.1) is 0 Å². The van der Waals surface area contributed by atoms with Gasteiger partial charge in [0.25, 0.3) is 0 Å². The molecule has 0 saturated heterocycles. The van der Waals surface area contributed by atoms with Crippen molar-refractivity contribution in [2.75, 3.05) is 13.6 Å². The minimum absolute atomic E-state index is 0.0777. The quantitative estimate of drug-likeness (QED) is 0.796. The lowest BCUT2D eigenvalue weighted by atomic mass is 9.97. The van der Waals surface area contributed by atoms with Gasteiger partial charge in [0.05, 0.1) is 6.20 Å². The van der Waals surface area contributed by atoms with E-state index in [2.05, 4.69) is 44.0 Å². The molecule has 1 rings (SSSR count). The van der Waals surface area contributed by atoms with E-state index in [1.165, 1.54) is 5.56 Å². The molecule has 0 bridgehead atoms. The molecule has 0 aliphatic heterocycles. The van der Waals surface area contributed by atoms with Crippen LogP contribution in [0.1, 0.15) is 32.8 Å². The Morgan fingerprint density at radius 2 is 2.19 bits per heavy atom. The second kappa shape index (κ2) is 5.46. The summed E-state index contributed by atoms with van der Waals surface area (Å²) < 4.78 is 1.95. The van der Waals surface area contributed by atoms with Crippen molar-refractivity contribution in [1.82, 2.24) is 14.7 Å².